The summed E-state index contributed by atoms with van der Waals surface area (Å²) in [5.74, 6) is -0.568. The van der Waals surface area contributed by atoms with Gasteiger partial charge in [-0.3, -0.25) is 14.5 Å². The van der Waals surface area contributed by atoms with Gasteiger partial charge in [0.05, 0.1) is 21.4 Å². The number of halogens is 2. The van der Waals surface area contributed by atoms with Crippen LogP contribution < -0.4 is 10.2 Å². The summed E-state index contributed by atoms with van der Waals surface area (Å²) in [5.41, 5.74) is 3.11. The zero-order chi connectivity index (χ0) is 22.3. The number of para-hydroxylation sites is 2. The molecule has 2 amide bonds. The lowest BCUT2D eigenvalue weighted by Crippen LogP contribution is -2.46. The number of carbonyl (C=O) groups excluding carboxylic acids is 2. The van der Waals surface area contributed by atoms with Gasteiger partial charge in [0.1, 0.15) is 6.04 Å². The molecule has 0 aromatic heterocycles. The highest BCUT2D eigenvalue weighted by molar-refractivity contribution is 6.40. The van der Waals surface area contributed by atoms with Crippen LogP contribution in [-0.2, 0) is 16.0 Å². The molecule has 1 atom stereocenters. The van der Waals surface area contributed by atoms with Gasteiger partial charge in [0, 0.05) is 6.92 Å². The Labute approximate surface area is 188 Å². The van der Waals surface area contributed by atoms with Crippen LogP contribution >= 0.6 is 23.2 Å². The molecule has 2 rings (SSSR count). The van der Waals surface area contributed by atoms with Crippen LogP contribution in [-0.4, -0.2) is 17.9 Å². The number of allylic oxidation sites excluding steroid dienone is 1. The Balaban J connectivity index is 2.65. The molecule has 0 fully saturated rings. The lowest BCUT2D eigenvalue weighted by molar-refractivity contribution is -0.126. The average molecular weight is 447 g/mol. The van der Waals surface area contributed by atoms with Crippen LogP contribution in [0.2, 0.25) is 10.0 Å². The molecule has 0 heterocycles. The molecule has 0 saturated heterocycles. The molecule has 0 saturated carbocycles. The molecule has 6 heteroatoms. The van der Waals surface area contributed by atoms with Crippen LogP contribution in [0.5, 0.6) is 0 Å². The molecule has 30 heavy (non-hydrogen) atoms. The first-order valence-electron chi connectivity index (χ1n) is 10.1. The van der Waals surface area contributed by atoms with E-state index in [1.54, 1.807) is 18.2 Å². The summed E-state index contributed by atoms with van der Waals surface area (Å²) < 4.78 is 0. The molecule has 0 spiro atoms. The van der Waals surface area contributed by atoms with Crippen LogP contribution in [0, 0.1) is 0 Å². The summed E-state index contributed by atoms with van der Waals surface area (Å²) in [4.78, 5) is 26.9. The third-order valence-electron chi connectivity index (χ3n) is 4.74. The Morgan fingerprint density at radius 3 is 2.27 bits per heavy atom. The van der Waals surface area contributed by atoms with E-state index in [0.717, 1.165) is 24.0 Å². The van der Waals surface area contributed by atoms with Crippen molar-refractivity contribution in [3.8, 4) is 0 Å². The van der Waals surface area contributed by atoms with Crippen molar-refractivity contribution in [2.75, 3.05) is 4.90 Å². The molecule has 160 valence electrons. The second-order valence-electron chi connectivity index (χ2n) is 7.21. The molecule has 0 aliphatic heterocycles. The number of amides is 2. The normalized spacial score (nSPS) is 11.6. The van der Waals surface area contributed by atoms with Gasteiger partial charge >= 0.3 is 0 Å². The minimum absolute atomic E-state index is 0.273. The summed E-state index contributed by atoms with van der Waals surface area (Å²) in [5, 5.41) is 3.45. The SMILES string of the molecule is C=C(CCC)Cc1ccccc1N(C(=O)C(CC)NC(C)=O)c1c(Cl)cccc1Cl. The quantitative estimate of drug-likeness (QED) is 0.448. The van der Waals surface area contributed by atoms with Gasteiger partial charge in [0.2, 0.25) is 5.91 Å². The number of hydrogen-bond acceptors (Lipinski definition) is 2. The molecule has 2 aromatic carbocycles. The molecule has 1 N–H and O–H groups in total. The lowest BCUT2D eigenvalue weighted by atomic mass is 9.99. The topological polar surface area (TPSA) is 49.4 Å². The maximum Gasteiger partial charge on any atom is 0.254 e. The summed E-state index contributed by atoms with van der Waals surface area (Å²) in [6, 6.07) is 12.1. The largest absolute Gasteiger partial charge is 0.345 e. The van der Waals surface area contributed by atoms with Crippen molar-refractivity contribution in [2.45, 2.75) is 52.5 Å². The van der Waals surface area contributed by atoms with Gasteiger partial charge in [-0.15, -0.1) is 0 Å². The van der Waals surface area contributed by atoms with Gasteiger partial charge in [-0.05, 0) is 43.0 Å². The van der Waals surface area contributed by atoms with E-state index in [-0.39, 0.29) is 11.8 Å². The van der Waals surface area contributed by atoms with Crippen molar-refractivity contribution >= 4 is 46.4 Å². The van der Waals surface area contributed by atoms with Gasteiger partial charge in [-0.1, -0.05) is 79.9 Å². The number of hydrogen-bond donors (Lipinski definition) is 1. The number of carbonyl (C=O) groups is 2. The minimum Gasteiger partial charge on any atom is -0.345 e. The first-order chi connectivity index (χ1) is 14.3. The second kappa shape index (κ2) is 11.2. The first-order valence-corrected chi connectivity index (χ1v) is 10.8. The number of anilines is 2. The van der Waals surface area contributed by atoms with Crippen molar-refractivity contribution in [1.29, 1.82) is 0 Å². The van der Waals surface area contributed by atoms with E-state index >= 15 is 0 Å². The van der Waals surface area contributed by atoms with E-state index in [1.165, 1.54) is 11.8 Å². The molecule has 0 aliphatic carbocycles. The minimum atomic E-state index is -0.707. The van der Waals surface area contributed by atoms with Gasteiger partial charge < -0.3 is 5.32 Å². The Morgan fingerprint density at radius 2 is 1.70 bits per heavy atom. The third-order valence-corrected chi connectivity index (χ3v) is 5.35. The van der Waals surface area contributed by atoms with E-state index in [0.29, 0.717) is 34.3 Å². The van der Waals surface area contributed by atoms with Crippen LogP contribution in [0.15, 0.2) is 54.6 Å². The number of nitrogens with zero attached hydrogens (tertiary/aromatic N) is 1. The summed E-state index contributed by atoms with van der Waals surface area (Å²) in [6.45, 7) is 9.52. The molecule has 4 nitrogen and oxygen atoms in total. The third kappa shape index (κ3) is 5.87. The Hall–Kier alpha value is -2.30. The van der Waals surface area contributed by atoms with E-state index in [4.69, 9.17) is 23.2 Å². The van der Waals surface area contributed by atoms with Crippen LogP contribution in [0.25, 0.3) is 0 Å². The number of rotatable bonds is 9. The maximum atomic E-state index is 13.7. The highest BCUT2D eigenvalue weighted by Crippen LogP contribution is 2.40. The predicted octanol–water partition coefficient (Wildman–Crippen LogP) is 6.47. The van der Waals surface area contributed by atoms with Crippen molar-refractivity contribution < 1.29 is 9.59 Å². The number of benzene rings is 2. The zero-order valence-corrected chi connectivity index (χ0v) is 19.2. The lowest BCUT2D eigenvalue weighted by Gasteiger charge is -2.30. The second-order valence-corrected chi connectivity index (χ2v) is 8.03. The van der Waals surface area contributed by atoms with Crippen molar-refractivity contribution in [1.82, 2.24) is 5.32 Å². The molecule has 0 radical (unpaired) electrons. The van der Waals surface area contributed by atoms with Crippen molar-refractivity contribution in [2.24, 2.45) is 0 Å². The maximum absolute atomic E-state index is 13.7. The van der Waals surface area contributed by atoms with Gasteiger partial charge in [0.15, 0.2) is 0 Å². The van der Waals surface area contributed by atoms with E-state index < -0.39 is 6.04 Å². The van der Waals surface area contributed by atoms with Gasteiger partial charge in [-0.2, -0.15) is 0 Å². The van der Waals surface area contributed by atoms with Gasteiger partial charge in [0.25, 0.3) is 5.91 Å². The first kappa shape index (κ1) is 24.0. The molecular formula is C24H28Cl2N2O2. The summed E-state index contributed by atoms with van der Waals surface area (Å²) in [7, 11) is 0. The average Bonchev–Trinajstić information content (AvgIpc) is 2.69. The molecule has 0 bridgehead atoms. The molecule has 2 aromatic rings. The molecule has 1 unspecified atom stereocenters. The van der Waals surface area contributed by atoms with Crippen LogP contribution in [0.3, 0.4) is 0 Å². The fourth-order valence-electron chi connectivity index (χ4n) is 3.38. The van der Waals surface area contributed by atoms with Crippen LogP contribution in [0.4, 0.5) is 11.4 Å². The predicted molar refractivity (Wildman–Crippen MR) is 126 cm³/mol. The van der Waals surface area contributed by atoms with E-state index in [2.05, 4.69) is 18.8 Å². The highest BCUT2D eigenvalue weighted by Gasteiger charge is 2.30. The summed E-state index contributed by atoms with van der Waals surface area (Å²) >= 11 is 13.0. The molecular weight excluding hydrogens is 419 g/mol. The Bertz CT molecular complexity index is 907. The molecule has 0 aliphatic rings. The fraction of sp³-hybridized carbons (Fsp3) is 0.333. The van der Waals surface area contributed by atoms with Crippen molar-refractivity contribution in [3.05, 3.63) is 70.2 Å². The highest BCUT2D eigenvalue weighted by atomic mass is 35.5. The van der Waals surface area contributed by atoms with E-state index in [9.17, 15) is 9.59 Å². The Kier molecular flexibility index (Phi) is 8.94. The number of nitrogens with one attached hydrogen (secondary N) is 1. The smallest absolute Gasteiger partial charge is 0.254 e. The van der Waals surface area contributed by atoms with Gasteiger partial charge in [-0.25, -0.2) is 0 Å². The van der Waals surface area contributed by atoms with E-state index in [1.807, 2.05) is 31.2 Å². The van der Waals surface area contributed by atoms with Crippen LogP contribution in [0.1, 0.15) is 45.6 Å². The van der Waals surface area contributed by atoms with Crippen molar-refractivity contribution in [3.63, 3.8) is 0 Å². The summed E-state index contributed by atoms with van der Waals surface area (Å²) in [6.07, 6.45) is 2.97. The standard InChI is InChI=1S/C24H28Cl2N2O2/c1-5-10-16(3)15-18-11-7-8-14-22(18)28(23-19(25)12-9-13-20(23)26)24(30)21(6-2)27-17(4)29/h7-9,11-14,21H,3,5-6,10,15H2,1-2,4H3,(H,27,29). The fourth-order valence-corrected chi connectivity index (χ4v) is 3.95. The monoisotopic (exact) mass is 446 g/mol. The zero-order valence-electron chi connectivity index (χ0n) is 17.7. The Morgan fingerprint density at radius 1 is 1.07 bits per heavy atom.